The van der Waals surface area contributed by atoms with E-state index in [2.05, 4.69) is 5.32 Å². The third kappa shape index (κ3) is 5.02. The molecular formula is C12H24N2O3. The summed E-state index contributed by atoms with van der Waals surface area (Å²) in [5, 5.41) is 2.89. The zero-order chi connectivity index (χ0) is 12.9. The van der Waals surface area contributed by atoms with Crippen LogP contribution in [0.25, 0.3) is 0 Å². The molecule has 17 heavy (non-hydrogen) atoms. The standard InChI is InChI=1S/C12H24N2O3/c1-9(5-4-6-13)11(15)14-7-10-8-16-12(2,3)17-10/h9-10H,4-8,13H2,1-3H3,(H,14,15). The van der Waals surface area contributed by atoms with E-state index in [1.807, 2.05) is 20.8 Å². The maximum atomic E-state index is 11.7. The number of amides is 1. The Morgan fingerprint density at radius 2 is 2.29 bits per heavy atom. The topological polar surface area (TPSA) is 73.6 Å². The van der Waals surface area contributed by atoms with Crippen molar-refractivity contribution < 1.29 is 14.3 Å². The number of hydrogen-bond donors (Lipinski definition) is 2. The number of rotatable bonds is 6. The first-order valence-electron chi connectivity index (χ1n) is 6.24. The molecule has 0 aromatic carbocycles. The highest BCUT2D eigenvalue weighted by Gasteiger charge is 2.32. The molecular weight excluding hydrogens is 220 g/mol. The van der Waals surface area contributed by atoms with Crippen molar-refractivity contribution in [3.05, 3.63) is 0 Å². The predicted octanol–water partition coefficient (Wildman–Crippen LogP) is 0.629. The second-order valence-corrected chi connectivity index (χ2v) is 5.03. The van der Waals surface area contributed by atoms with E-state index >= 15 is 0 Å². The number of ether oxygens (including phenoxy) is 2. The van der Waals surface area contributed by atoms with Crippen LogP contribution >= 0.6 is 0 Å². The monoisotopic (exact) mass is 244 g/mol. The lowest BCUT2D eigenvalue weighted by atomic mass is 10.0. The smallest absolute Gasteiger partial charge is 0.222 e. The maximum absolute atomic E-state index is 11.7. The van der Waals surface area contributed by atoms with E-state index in [0.717, 1.165) is 12.8 Å². The van der Waals surface area contributed by atoms with Crippen LogP contribution in [0.2, 0.25) is 0 Å². The molecule has 1 aliphatic rings. The van der Waals surface area contributed by atoms with E-state index in [0.29, 0.717) is 19.7 Å². The van der Waals surface area contributed by atoms with E-state index in [4.69, 9.17) is 15.2 Å². The molecule has 100 valence electrons. The van der Waals surface area contributed by atoms with Crippen molar-refractivity contribution in [1.82, 2.24) is 5.32 Å². The van der Waals surface area contributed by atoms with Gasteiger partial charge in [-0.3, -0.25) is 4.79 Å². The molecule has 0 aromatic heterocycles. The summed E-state index contributed by atoms with van der Waals surface area (Å²) >= 11 is 0. The molecule has 5 nitrogen and oxygen atoms in total. The number of nitrogens with one attached hydrogen (secondary N) is 1. The van der Waals surface area contributed by atoms with Gasteiger partial charge in [-0.15, -0.1) is 0 Å². The summed E-state index contributed by atoms with van der Waals surface area (Å²) in [7, 11) is 0. The minimum Gasteiger partial charge on any atom is -0.353 e. The number of carbonyl (C=O) groups excluding carboxylic acids is 1. The van der Waals surface area contributed by atoms with Gasteiger partial charge in [0.2, 0.25) is 5.91 Å². The highest BCUT2D eigenvalue weighted by atomic mass is 16.7. The van der Waals surface area contributed by atoms with Gasteiger partial charge in [0.05, 0.1) is 6.61 Å². The second kappa shape index (κ2) is 6.33. The van der Waals surface area contributed by atoms with E-state index in [1.165, 1.54) is 0 Å². The molecule has 1 saturated heterocycles. The molecule has 2 unspecified atom stereocenters. The molecule has 0 bridgehead atoms. The van der Waals surface area contributed by atoms with Crippen molar-refractivity contribution in [1.29, 1.82) is 0 Å². The van der Waals surface area contributed by atoms with Gasteiger partial charge in [-0.05, 0) is 33.2 Å². The van der Waals surface area contributed by atoms with Crippen LogP contribution in [-0.2, 0) is 14.3 Å². The fourth-order valence-corrected chi connectivity index (χ4v) is 1.81. The fraction of sp³-hybridized carbons (Fsp3) is 0.917. The Hall–Kier alpha value is -0.650. The first kappa shape index (κ1) is 14.4. The van der Waals surface area contributed by atoms with Crippen molar-refractivity contribution >= 4 is 5.91 Å². The summed E-state index contributed by atoms with van der Waals surface area (Å²) in [6.07, 6.45) is 1.66. The molecule has 0 aromatic rings. The van der Waals surface area contributed by atoms with Gasteiger partial charge >= 0.3 is 0 Å². The Morgan fingerprint density at radius 1 is 1.59 bits per heavy atom. The summed E-state index contributed by atoms with van der Waals surface area (Å²) in [4.78, 5) is 11.7. The normalized spacial score (nSPS) is 24.6. The van der Waals surface area contributed by atoms with Gasteiger partial charge in [0.1, 0.15) is 6.10 Å². The van der Waals surface area contributed by atoms with Crippen molar-refractivity contribution in [3.8, 4) is 0 Å². The SMILES string of the molecule is CC(CCCN)C(=O)NCC1COC(C)(C)O1. The number of hydrogen-bond acceptors (Lipinski definition) is 4. The minimum absolute atomic E-state index is 0.00822. The van der Waals surface area contributed by atoms with Gasteiger partial charge in [0, 0.05) is 12.5 Å². The van der Waals surface area contributed by atoms with Crippen molar-refractivity contribution in [2.75, 3.05) is 19.7 Å². The molecule has 1 heterocycles. The van der Waals surface area contributed by atoms with Gasteiger partial charge in [-0.25, -0.2) is 0 Å². The fourth-order valence-electron chi connectivity index (χ4n) is 1.81. The van der Waals surface area contributed by atoms with Crippen LogP contribution in [-0.4, -0.2) is 37.5 Å². The predicted molar refractivity (Wildman–Crippen MR) is 65.4 cm³/mol. The van der Waals surface area contributed by atoms with Crippen LogP contribution in [0.15, 0.2) is 0 Å². The van der Waals surface area contributed by atoms with Crippen molar-refractivity contribution in [2.45, 2.75) is 45.5 Å². The number of nitrogens with two attached hydrogens (primary N) is 1. The average Bonchev–Trinajstić information content (AvgIpc) is 2.62. The van der Waals surface area contributed by atoms with E-state index in [9.17, 15) is 4.79 Å². The highest BCUT2D eigenvalue weighted by Crippen LogP contribution is 2.21. The first-order valence-corrected chi connectivity index (χ1v) is 6.24. The Kier molecular flexibility index (Phi) is 5.36. The summed E-state index contributed by atoms with van der Waals surface area (Å²) < 4.78 is 11.0. The molecule has 0 aliphatic carbocycles. The largest absolute Gasteiger partial charge is 0.353 e. The number of carbonyl (C=O) groups is 1. The second-order valence-electron chi connectivity index (χ2n) is 5.03. The van der Waals surface area contributed by atoms with Crippen LogP contribution in [0.1, 0.15) is 33.6 Å². The van der Waals surface area contributed by atoms with Crippen LogP contribution < -0.4 is 11.1 Å². The summed E-state index contributed by atoms with van der Waals surface area (Å²) in [5.41, 5.74) is 5.41. The molecule has 1 fully saturated rings. The molecule has 0 spiro atoms. The van der Waals surface area contributed by atoms with Crippen molar-refractivity contribution in [2.24, 2.45) is 11.7 Å². The minimum atomic E-state index is -0.527. The molecule has 1 rings (SSSR count). The molecule has 1 amide bonds. The molecule has 5 heteroatoms. The summed E-state index contributed by atoms with van der Waals surface area (Å²) in [6, 6.07) is 0. The Balaban J connectivity index is 2.20. The third-order valence-corrected chi connectivity index (χ3v) is 2.86. The Labute approximate surface area is 103 Å². The van der Waals surface area contributed by atoms with Crippen LogP contribution in [0.3, 0.4) is 0 Å². The van der Waals surface area contributed by atoms with Gasteiger partial charge in [-0.2, -0.15) is 0 Å². The first-order chi connectivity index (χ1) is 7.94. The lowest BCUT2D eigenvalue weighted by Gasteiger charge is -2.18. The quantitative estimate of drug-likeness (QED) is 0.718. The lowest BCUT2D eigenvalue weighted by molar-refractivity contribution is -0.140. The van der Waals surface area contributed by atoms with Gasteiger partial charge in [0.15, 0.2) is 5.79 Å². The Bertz CT molecular complexity index is 256. The van der Waals surface area contributed by atoms with Crippen molar-refractivity contribution in [3.63, 3.8) is 0 Å². The maximum Gasteiger partial charge on any atom is 0.222 e. The zero-order valence-corrected chi connectivity index (χ0v) is 11.0. The highest BCUT2D eigenvalue weighted by molar-refractivity contribution is 5.78. The van der Waals surface area contributed by atoms with Crippen LogP contribution in [0, 0.1) is 5.92 Å². The summed E-state index contributed by atoms with van der Waals surface area (Å²) in [6.45, 7) is 7.34. The van der Waals surface area contributed by atoms with Gasteiger partial charge in [0.25, 0.3) is 0 Å². The van der Waals surface area contributed by atoms with E-state index < -0.39 is 5.79 Å². The lowest BCUT2D eigenvalue weighted by Crippen LogP contribution is -2.37. The van der Waals surface area contributed by atoms with E-state index in [1.54, 1.807) is 0 Å². The van der Waals surface area contributed by atoms with Crippen LogP contribution in [0.4, 0.5) is 0 Å². The summed E-state index contributed by atoms with van der Waals surface area (Å²) in [5.74, 6) is -0.457. The molecule has 1 aliphatic heterocycles. The van der Waals surface area contributed by atoms with Gasteiger partial charge < -0.3 is 20.5 Å². The molecule has 2 atom stereocenters. The Morgan fingerprint density at radius 3 is 2.82 bits per heavy atom. The molecule has 0 saturated carbocycles. The third-order valence-electron chi connectivity index (χ3n) is 2.86. The zero-order valence-electron chi connectivity index (χ0n) is 11.0. The van der Waals surface area contributed by atoms with E-state index in [-0.39, 0.29) is 17.9 Å². The molecule has 3 N–H and O–H groups in total. The van der Waals surface area contributed by atoms with Crippen LogP contribution in [0.5, 0.6) is 0 Å². The van der Waals surface area contributed by atoms with Gasteiger partial charge in [-0.1, -0.05) is 6.92 Å². The average molecular weight is 244 g/mol. The molecule has 0 radical (unpaired) electrons.